The minimum atomic E-state index is 0.761. The lowest BCUT2D eigenvalue weighted by Crippen LogP contribution is -2.26. The van der Waals surface area contributed by atoms with Gasteiger partial charge in [0.05, 0.1) is 0 Å². The van der Waals surface area contributed by atoms with E-state index in [4.69, 9.17) is 11.6 Å². The predicted molar refractivity (Wildman–Crippen MR) is 47.7 cm³/mol. The number of nitrogens with zero attached hydrogens (tertiary/aromatic N) is 1. The second-order valence-electron chi connectivity index (χ2n) is 2.48. The first-order valence-corrected chi connectivity index (χ1v) is 4.66. The third kappa shape index (κ3) is 5.07. The van der Waals surface area contributed by atoms with Crippen LogP contribution in [0.25, 0.3) is 0 Å². The Labute approximate surface area is 69.4 Å². The number of hydrogen-bond donors (Lipinski definition) is 0. The van der Waals surface area contributed by atoms with Crippen molar-refractivity contribution < 1.29 is 0 Å². The molecule has 0 unspecified atom stereocenters. The molecule has 0 N–H and O–H groups in total. The molecule has 0 saturated carbocycles. The fourth-order valence-corrected chi connectivity index (χ4v) is 1.17. The largest absolute Gasteiger partial charge is 0.302 e. The first kappa shape index (κ1) is 10.2. The van der Waals surface area contributed by atoms with Gasteiger partial charge in [0.1, 0.15) is 0 Å². The number of rotatable bonds is 6. The summed E-state index contributed by atoms with van der Waals surface area (Å²) in [5.41, 5.74) is 0. The molecule has 0 radical (unpaired) electrons. The number of alkyl halides is 1. The van der Waals surface area contributed by atoms with Gasteiger partial charge in [0, 0.05) is 12.4 Å². The zero-order chi connectivity index (χ0) is 7.82. The normalized spacial score (nSPS) is 10.8. The minimum Gasteiger partial charge on any atom is -0.302 e. The van der Waals surface area contributed by atoms with Crippen LogP contribution in [0.2, 0.25) is 0 Å². The third-order valence-electron chi connectivity index (χ3n) is 1.68. The van der Waals surface area contributed by atoms with Gasteiger partial charge in [0.25, 0.3) is 0 Å². The number of hydrogen-bond acceptors (Lipinski definition) is 1. The lowest BCUT2D eigenvalue weighted by Gasteiger charge is -2.17. The molecule has 0 aromatic rings. The van der Waals surface area contributed by atoms with E-state index in [1.54, 1.807) is 0 Å². The average molecular weight is 164 g/mol. The molecule has 0 saturated heterocycles. The molecule has 0 bridgehead atoms. The van der Waals surface area contributed by atoms with E-state index in [2.05, 4.69) is 18.7 Å². The zero-order valence-electron chi connectivity index (χ0n) is 7.07. The molecule has 0 spiro atoms. The summed E-state index contributed by atoms with van der Waals surface area (Å²) in [5, 5.41) is 0. The molecule has 0 aliphatic heterocycles. The highest BCUT2D eigenvalue weighted by Crippen LogP contribution is 1.94. The molecule has 62 valence electrons. The molecule has 0 fully saturated rings. The summed E-state index contributed by atoms with van der Waals surface area (Å²) in [5.74, 6) is 0.761. The van der Waals surface area contributed by atoms with Crippen LogP contribution in [-0.4, -0.2) is 30.4 Å². The maximum Gasteiger partial charge on any atom is 0.0351 e. The van der Waals surface area contributed by atoms with Gasteiger partial charge in [-0.1, -0.05) is 20.3 Å². The van der Waals surface area contributed by atoms with Crippen molar-refractivity contribution in [3.63, 3.8) is 0 Å². The summed E-state index contributed by atoms with van der Waals surface area (Å²) in [4.78, 5) is 2.39. The Hall–Kier alpha value is 0.250. The van der Waals surface area contributed by atoms with Crippen LogP contribution in [0.3, 0.4) is 0 Å². The van der Waals surface area contributed by atoms with E-state index in [9.17, 15) is 0 Å². The van der Waals surface area contributed by atoms with Crippen molar-refractivity contribution in [1.29, 1.82) is 0 Å². The summed E-state index contributed by atoms with van der Waals surface area (Å²) in [6.45, 7) is 7.78. The molecule has 0 amide bonds. The topological polar surface area (TPSA) is 3.24 Å². The average Bonchev–Trinajstić information content (AvgIpc) is 1.98. The Morgan fingerprint density at radius 3 is 2.30 bits per heavy atom. The Balaban J connectivity index is 3.21. The van der Waals surface area contributed by atoms with E-state index >= 15 is 0 Å². The Morgan fingerprint density at radius 2 is 1.90 bits per heavy atom. The summed E-state index contributed by atoms with van der Waals surface area (Å²) < 4.78 is 0. The standard InChI is InChI=1S/C8H18ClN/c1-3-5-7-10(4-2)8-6-9/h3-8H2,1-2H3. The van der Waals surface area contributed by atoms with Crippen molar-refractivity contribution in [3.8, 4) is 0 Å². The highest BCUT2D eigenvalue weighted by atomic mass is 35.5. The van der Waals surface area contributed by atoms with E-state index in [-0.39, 0.29) is 0 Å². The highest BCUT2D eigenvalue weighted by Gasteiger charge is 1.97. The summed E-state index contributed by atoms with van der Waals surface area (Å²) >= 11 is 5.61. The van der Waals surface area contributed by atoms with Crippen molar-refractivity contribution in [1.82, 2.24) is 4.90 Å². The molecular formula is C8H18ClN. The van der Waals surface area contributed by atoms with Gasteiger partial charge in [-0.3, -0.25) is 0 Å². The summed E-state index contributed by atoms with van der Waals surface area (Å²) in [6.07, 6.45) is 2.57. The molecule has 0 heterocycles. The van der Waals surface area contributed by atoms with Crippen molar-refractivity contribution >= 4 is 11.6 Å². The van der Waals surface area contributed by atoms with Gasteiger partial charge in [-0.05, 0) is 19.5 Å². The summed E-state index contributed by atoms with van der Waals surface area (Å²) in [6, 6.07) is 0. The van der Waals surface area contributed by atoms with E-state index in [0.717, 1.165) is 19.0 Å². The van der Waals surface area contributed by atoms with Crippen molar-refractivity contribution in [2.24, 2.45) is 0 Å². The maximum atomic E-state index is 5.61. The second-order valence-corrected chi connectivity index (χ2v) is 2.85. The van der Waals surface area contributed by atoms with Crippen LogP contribution in [-0.2, 0) is 0 Å². The quantitative estimate of drug-likeness (QED) is 0.544. The Kier molecular flexibility index (Phi) is 7.54. The molecule has 2 heteroatoms. The Bertz CT molecular complexity index is 66.3. The lowest BCUT2D eigenvalue weighted by molar-refractivity contribution is 0.300. The fourth-order valence-electron chi connectivity index (χ4n) is 0.929. The first-order valence-electron chi connectivity index (χ1n) is 4.13. The van der Waals surface area contributed by atoms with Gasteiger partial charge in [-0.15, -0.1) is 11.6 Å². The second kappa shape index (κ2) is 7.36. The molecule has 0 aliphatic rings. The maximum absolute atomic E-state index is 5.61. The van der Waals surface area contributed by atoms with Gasteiger partial charge >= 0.3 is 0 Å². The Morgan fingerprint density at radius 1 is 1.20 bits per heavy atom. The summed E-state index contributed by atoms with van der Waals surface area (Å²) in [7, 11) is 0. The molecule has 0 aromatic heterocycles. The van der Waals surface area contributed by atoms with Gasteiger partial charge in [0.2, 0.25) is 0 Å². The number of halogens is 1. The molecular weight excluding hydrogens is 146 g/mol. The predicted octanol–water partition coefficient (Wildman–Crippen LogP) is 2.35. The molecule has 0 atom stereocenters. The van der Waals surface area contributed by atoms with Crippen LogP contribution < -0.4 is 0 Å². The van der Waals surface area contributed by atoms with Gasteiger partial charge < -0.3 is 4.90 Å². The SMILES string of the molecule is CCCCN(CC)CCCl. The van der Waals surface area contributed by atoms with Gasteiger partial charge in [0.15, 0.2) is 0 Å². The van der Waals surface area contributed by atoms with Crippen molar-refractivity contribution in [2.45, 2.75) is 26.7 Å². The van der Waals surface area contributed by atoms with Crippen LogP contribution in [0, 0.1) is 0 Å². The van der Waals surface area contributed by atoms with Crippen LogP contribution in [0.5, 0.6) is 0 Å². The van der Waals surface area contributed by atoms with Crippen LogP contribution in [0.4, 0.5) is 0 Å². The van der Waals surface area contributed by atoms with Crippen LogP contribution in [0.15, 0.2) is 0 Å². The van der Waals surface area contributed by atoms with Gasteiger partial charge in [-0.2, -0.15) is 0 Å². The molecule has 0 aromatic carbocycles. The van der Waals surface area contributed by atoms with Crippen molar-refractivity contribution in [2.75, 3.05) is 25.5 Å². The third-order valence-corrected chi connectivity index (χ3v) is 1.84. The van der Waals surface area contributed by atoms with E-state index < -0.39 is 0 Å². The monoisotopic (exact) mass is 163 g/mol. The highest BCUT2D eigenvalue weighted by molar-refractivity contribution is 6.18. The van der Waals surface area contributed by atoms with Crippen molar-refractivity contribution in [3.05, 3.63) is 0 Å². The zero-order valence-corrected chi connectivity index (χ0v) is 7.82. The minimum absolute atomic E-state index is 0.761. The van der Waals surface area contributed by atoms with Gasteiger partial charge in [-0.25, -0.2) is 0 Å². The lowest BCUT2D eigenvalue weighted by atomic mass is 10.3. The van der Waals surface area contributed by atoms with E-state index in [1.165, 1.54) is 19.4 Å². The molecule has 10 heavy (non-hydrogen) atoms. The van der Waals surface area contributed by atoms with Crippen LogP contribution in [0.1, 0.15) is 26.7 Å². The fraction of sp³-hybridized carbons (Fsp3) is 1.00. The van der Waals surface area contributed by atoms with E-state index in [1.807, 2.05) is 0 Å². The number of unbranched alkanes of at least 4 members (excludes halogenated alkanes) is 1. The molecule has 0 rings (SSSR count). The van der Waals surface area contributed by atoms with E-state index in [0.29, 0.717) is 0 Å². The smallest absolute Gasteiger partial charge is 0.0351 e. The van der Waals surface area contributed by atoms with Crippen LogP contribution >= 0.6 is 11.6 Å². The first-order chi connectivity index (χ1) is 4.85. The molecule has 1 nitrogen and oxygen atoms in total. The molecule has 0 aliphatic carbocycles.